The van der Waals surface area contributed by atoms with E-state index in [2.05, 4.69) is 5.32 Å². The lowest BCUT2D eigenvalue weighted by Crippen LogP contribution is -2.31. The van der Waals surface area contributed by atoms with E-state index >= 15 is 0 Å². The second kappa shape index (κ2) is 6.51. The molecule has 4 heteroatoms. The lowest BCUT2D eigenvalue weighted by atomic mass is 10.1. The predicted octanol–water partition coefficient (Wildman–Crippen LogP) is 1.93. The Kier molecular flexibility index (Phi) is 5.29. The van der Waals surface area contributed by atoms with Crippen LogP contribution >= 0.6 is 11.6 Å². The van der Waals surface area contributed by atoms with E-state index in [-0.39, 0.29) is 12.5 Å². The zero-order valence-electron chi connectivity index (χ0n) is 9.24. The largest absolute Gasteiger partial charge is 0.391 e. The monoisotopic (exact) mass is 241 g/mol. The molecule has 1 aromatic rings. The lowest BCUT2D eigenvalue weighted by molar-refractivity contribution is 0.0914. The molecule has 0 aliphatic rings. The molecule has 16 heavy (non-hydrogen) atoms. The van der Waals surface area contributed by atoms with Crippen LogP contribution in [0, 0.1) is 0 Å². The van der Waals surface area contributed by atoms with E-state index in [9.17, 15) is 9.90 Å². The minimum Gasteiger partial charge on any atom is -0.391 e. The van der Waals surface area contributed by atoms with Crippen molar-refractivity contribution in [2.24, 2.45) is 0 Å². The maximum absolute atomic E-state index is 11.6. The molecule has 2 N–H and O–H groups in total. The Hall–Kier alpha value is -1.06. The molecule has 0 spiro atoms. The van der Waals surface area contributed by atoms with Crippen molar-refractivity contribution >= 4 is 17.5 Å². The first-order valence-electron chi connectivity index (χ1n) is 5.28. The van der Waals surface area contributed by atoms with Gasteiger partial charge in [-0.2, -0.15) is 0 Å². The number of benzene rings is 1. The van der Waals surface area contributed by atoms with Gasteiger partial charge in [-0.3, -0.25) is 4.79 Å². The van der Waals surface area contributed by atoms with Crippen molar-refractivity contribution in [3.8, 4) is 0 Å². The normalized spacial score (nSPS) is 12.2. The van der Waals surface area contributed by atoms with Crippen LogP contribution in [-0.4, -0.2) is 23.7 Å². The van der Waals surface area contributed by atoms with Gasteiger partial charge in [0.1, 0.15) is 0 Å². The fraction of sp³-hybridized carbons (Fsp3) is 0.417. The Labute approximate surface area is 100 Å². The van der Waals surface area contributed by atoms with Crippen molar-refractivity contribution in [3.05, 3.63) is 35.4 Å². The van der Waals surface area contributed by atoms with E-state index in [4.69, 9.17) is 11.6 Å². The minimum atomic E-state index is -0.480. The van der Waals surface area contributed by atoms with Crippen LogP contribution in [0.4, 0.5) is 0 Å². The molecular formula is C12H16ClNO2. The Morgan fingerprint density at radius 3 is 2.56 bits per heavy atom. The van der Waals surface area contributed by atoms with Crippen molar-refractivity contribution in [1.29, 1.82) is 0 Å². The Balaban J connectivity index is 2.52. The highest BCUT2D eigenvalue weighted by Crippen LogP contribution is 2.06. The summed E-state index contributed by atoms with van der Waals surface area (Å²) in [6.07, 6.45) is 0.150. The van der Waals surface area contributed by atoms with Crippen molar-refractivity contribution in [2.75, 3.05) is 6.54 Å². The first-order valence-corrected chi connectivity index (χ1v) is 5.82. The summed E-state index contributed by atoms with van der Waals surface area (Å²) in [5.41, 5.74) is 1.56. The molecule has 1 aromatic carbocycles. The first kappa shape index (κ1) is 13.0. The summed E-state index contributed by atoms with van der Waals surface area (Å²) in [6.45, 7) is 2.15. The smallest absolute Gasteiger partial charge is 0.251 e. The van der Waals surface area contributed by atoms with Crippen LogP contribution in [0.15, 0.2) is 24.3 Å². The number of hydrogen-bond donors (Lipinski definition) is 2. The highest BCUT2D eigenvalue weighted by molar-refractivity contribution is 6.17. The second-order valence-corrected chi connectivity index (χ2v) is 3.87. The number of nitrogens with one attached hydrogen (secondary N) is 1. The van der Waals surface area contributed by atoms with Gasteiger partial charge in [-0.25, -0.2) is 0 Å². The number of amides is 1. The average molecular weight is 242 g/mol. The van der Waals surface area contributed by atoms with Gasteiger partial charge in [0.25, 0.3) is 5.91 Å². The third kappa shape index (κ3) is 3.83. The number of halogens is 1. The quantitative estimate of drug-likeness (QED) is 0.774. The van der Waals surface area contributed by atoms with Crippen LogP contribution < -0.4 is 5.32 Å². The predicted molar refractivity (Wildman–Crippen MR) is 64.6 cm³/mol. The molecular weight excluding hydrogens is 226 g/mol. The molecule has 0 saturated heterocycles. The molecule has 1 rings (SSSR count). The van der Waals surface area contributed by atoms with Crippen LogP contribution in [0.2, 0.25) is 0 Å². The summed E-state index contributed by atoms with van der Waals surface area (Å²) >= 11 is 5.65. The van der Waals surface area contributed by atoms with Crippen LogP contribution in [-0.2, 0) is 5.88 Å². The number of aliphatic hydroxyl groups is 1. The summed E-state index contributed by atoms with van der Waals surface area (Å²) in [6, 6.07) is 7.09. The molecule has 88 valence electrons. The maximum Gasteiger partial charge on any atom is 0.251 e. The molecule has 0 fully saturated rings. The van der Waals surface area contributed by atoms with Crippen molar-refractivity contribution in [1.82, 2.24) is 5.32 Å². The highest BCUT2D eigenvalue weighted by Gasteiger charge is 2.07. The van der Waals surface area contributed by atoms with Crippen molar-refractivity contribution < 1.29 is 9.90 Å². The number of carbonyl (C=O) groups excluding carboxylic acids is 1. The minimum absolute atomic E-state index is 0.173. The molecule has 0 radical (unpaired) electrons. The SMILES string of the molecule is CCC(O)CNC(=O)c1ccc(CCl)cc1. The van der Waals surface area contributed by atoms with Gasteiger partial charge < -0.3 is 10.4 Å². The van der Waals surface area contributed by atoms with Gasteiger partial charge >= 0.3 is 0 Å². The molecule has 0 heterocycles. The van der Waals surface area contributed by atoms with Gasteiger partial charge in [0, 0.05) is 18.0 Å². The van der Waals surface area contributed by atoms with E-state index in [0.29, 0.717) is 17.9 Å². The molecule has 0 bridgehead atoms. The van der Waals surface area contributed by atoms with Gasteiger partial charge in [-0.05, 0) is 24.1 Å². The average Bonchev–Trinajstić information content (AvgIpc) is 2.35. The zero-order chi connectivity index (χ0) is 12.0. The van der Waals surface area contributed by atoms with Crippen LogP contribution in [0.3, 0.4) is 0 Å². The number of carbonyl (C=O) groups is 1. The molecule has 1 unspecified atom stereocenters. The van der Waals surface area contributed by atoms with Gasteiger partial charge in [0.15, 0.2) is 0 Å². The summed E-state index contributed by atoms with van der Waals surface area (Å²) in [7, 11) is 0. The fourth-order valence-electron chi connectivity index (χ4n) is 1.20. The fourth-order valence-corrected chi connectivity index (χ4v) is 1.38. The number of rotatable bonds is 5. The second-order valence-electron chi connectivity index (χ2n) is 3.60. The van der Waals surface area contributed by atoms with Crippen molar-refractivity contribution in [2.45, 2.75) is 25.3 Å². The number of aliphatic hydroxyl groups excluding tert-OH is 1. The standard InChI is InChI=1S/C12H16ClNO2/c1-2-11(15)8-14-12(16)10-5-3-9(7-13)4-6-10/h3-6,11,15H,2,7-8H2,1H3,(H,14,16). The van der Waals surface area contributed by atoms with E-state index in [1.165, 1.54) is 0 Å². The van der Waals surface area contributed by atoms with Crippen LogP contribution in [0.1, 0.15) is 29.3 Å². The summed E-state index contributed by atoms with van der Waals surface area (Å²) in [5, 5.41) is 12.0. The van der Waals surface area contributed by atoms with Crippen LogP contribution in [0.25, 0.3) is 0 Å². The maximum atomic E-state index is 11.6. The summed E-state index contributed by atoms with van der Waals surface area (Å²) < 4.78 is 0. The van der Waals surface area contributed by atoms with E-state index in [1.807, 2.05) is 19.1 Å². The Bertz CT molecular complexity index is 337. The topological polar surface area (TPSA) is 49.3 Å². The molecule has 1 amide bonds. The number of hydrogen-bond acceptors (Lipinski definition) is 2. The van der Waals surface area contributed by atoms with Gasteiger partial charge in [-0.15, -0.1) is 11.6 Å². The zero-order valence-corrected chi connectivity index (χ0v) is 10.00. The van der Waals surface area contributed by atoms with E-state index in [1.54, 1.807) is 12.1 Å². The van der Waals surface area contributed by atoms with Gasteiger partial charge in [-0.1, -0.05) is 19.1 Å². The van der Waals surface area contributed by atoms with E-state index in [0.717, 1.165) is 5.56 Å². The molecule has 0 aliphatic heterocycles. The summed E-state index contributed by atoms with van der Waals surface area (Å²) in [5.74, 6) is 0.268. The Morgan fingerprint density at radius 2 is 2.06 bits per heavy atom. The third-order valence-corrected chi connectivity index (χ3v) is 2.65. The first-order chi connectivity index (χ1) is 7.67. The number of alkyl halides is 1. The Morgan fingerprint density at radius 1 is 1.44 bits per heavy atom. The third-order valence-electron chi connectivity index (χ3n) is 2.34. The highest BCUT2D eigenvalue weighted by atomic mass is 35.5. The lowest BCUT2D eigenvalue weighted by Gasteiger charge is -2.09. The van der Waals surface area contributed by atoms with Crippen LogP contribution in [0.5, 0.6) is 0 Å². The van der Waals surface area contributed by atoms with Crippen molar-refractivity contribution in [3.63, 3.8) is 0 Å². The van der Waals surface area contributed by atoms with Gasteiger partial charge in [0.2, 0.25) is 0 Å². The molecule has 0 aliphatic carbocycles. The summed E-state index contributed by atoms with van der Waals surface area (Å²) in [4.78, 5) is 11.6. The molecule has 3 nitrogen and oxygen atoms in total. The molecule has 0 aromatic heterocycles. The van der Waals surface area contributed by atoms with Gasteiger partial charge in [0.05, 0.1) is 6.10 Å². The molecule has 1 atom stereocenters. The molecule has 0 saturated carbocycles. The van der Waals surface area contributed by atoms with E-state index < -0.39 is 6.10 Å².